The fourth-order valence-corrected chi connectivity index (χ4v) is 3.33. The fraction of sp³-hybridized carbons (Fsp3) is 0.364. The second-order valence-corrected chi connectivity index (χ2v) is 7.75. The van der Waals surface area contributed by atoms with Crippen LogP contribution in [0.15, 0.2) is 36.8 Å². The van der Waals surface area contributed by atoms with Crippen molar-refractivity contribution in [1.82, 2.24) is 19.7 Å². The molecule has 3 aromatic rings. The van der Waals surface area contributed by atoms with E-state index in [2.05, 4.69) is 34.9 Å². The summed E-state index contributed by atoms with van der Waals surface area (Å²) >= 11 is 0. The summed E-state index contributed by atoms with van der Waals surface area (Å²) in [6, 6.07) is 7.44. The number of hydrogen-bond acceptors (Lipinski definition) is 5. The Kier molecular flexibility index (Phi) is 5.92. The Labute approximate surface area is 175 Å². The first-order valence-corrected chi connectivity index (χ1v) is 9.75. The number of rotatable bonds is 6. The normalized spacial score (nSPS) is 12.2. The van der Waals surface area contributed by atoms with Crippen LogP contribution in [-0.4, -0.2) is 39.4 Å². The third-order valence-corrected chi connectivity index (χ3v) is 5.01. The molecule has 0 saturated heterocycles. The summed E-state index contributed by atoms with van der Waals surface area (Å²) in [5, 5.41) is 17.3. The van der Waals surface area contributed by atoms with Gasteiger partial charge in [0.05, 0.1) is 30.1 Å². The van der Waals surface area contributed by atoms with Gasteiger partial charge in [-0.2, -0.15) is 10.4 Å². The molecule has 0 bridgehead atoms. The van der Waals surface area contributed by atoms with Crippen molar-refractivity contribution in [3.63, 3.8) is 0 Å². The van der Waals surface area contributed by atoms with Crippen molar-refractivity contribution in [1.29, 1.82) is 5.26 Å². The highest BCUT2D eigenvalue weighted by molar-refractivity contribution is 5.96. The number of aromatic nitrogens is 3. The van der Waals surface area contributed by atoms with Gasteiger partial charge in [0, 0.05) is 29.3 Å². The number of amides is 1. The van der Waals surface area contributed by atoms with Gasteiger partial charge in [-0.3, -0.25) is 4.79 Å². The van der Waals surface area contributed by atoms with Crippen molar-refractivity contribution in [2.24, 2.45) is 5.92 Å². The fourth-order valence-electron chi connectivity index (χ4n) is 3.33. The second-order valence-electron chi connectivity index (χ2n) is 7.75. The minimum atomic E-state index is -0.740. The van der Waals surface area contributed by atoms with Crippen LogP contribution in [0.2, 0.25) is 0 Å². The molecular weight excluding hydrogens is 382 g/mol. The summed E-state index contributed by atoms with van der Waals surface area (Å²) in [5.41, 5.74) is 2.61. The maximum atomic E-state index is 12.6. The number of esters is 1. The average molecular weight is 407 g/mol. The van der Waals surface area contributed by atoms with E-state index >= 15 is 0 Å². The third kappa shape index (κ3) is 3.92. The lowest BCUT2D eigenvalue weighted by Gasteiger charge is -2.19. The molecule has 0 aliphatic heterocycles. The highest BCUT2D eigenvalue weighted by atomic mass is 16.5. The number of ether oxygens (including phenoxy) is 1. The molecule has 0 fully saturated rings. The number of carbonyl (C=O) groups is 2. The molecule has 1 amide bonds. The molecule has 2 aromatic heterocycles. The molecule has 1 atom stereocenters. The molecule has 8 nitrogen and oxygen atoms in total. The van der Waals surface area contributed by atoms with Crippen molar-refractivity contribution in [3.8, 4) is 11.8 Å². The molecule has 3 rings (SSSR count). The number of nitrogens with zero attached hydrogens (tertiary/aromatic N) is 4. The van der Waals surface area contributed by atoms with Crippen LogP contribution in [0, 0.1) is 17.2 Å². The molecule has 1 unspecified atom stereocenters. The molecule has 0 aliphatic rings. The number of nitriles is 1. The van der Waals surface area contributed by atoms with Crippen molar-refractivity contribution in [3.05, 3.63) is 47.9 Å². The van der Waals surface area contributed by atoms with Crippen LogP contribution in [0.25, 0.3) is 16.6 Å². The number of methoxy groups -OCH3 is 1. The van der Waals surface area contributed by atoms with Crippen LogP contribution in [0.3, 0.4) is 0 Å². The van der Waals surface area contributed by atoms with Gasteiger partial charge in [0.15, 0.2) is 0 Å². The highest BCUT2D eigenvalue weighted by Crippen LogP contribution is 2.26. The van der Waals surface area contributed by atoms with Gasteiger partial charge < -0.3 is 14.6 Å². The Balaban J connectivity index is 1.90. The summed E-state index contributed by atoms with van der Waals surface area (Å²) < 4.78 is 8.39. The van der Waals surface area contributed by atoms with E-state index < -0.39 is 17.9 Å². The summed E-state index contributed by atoms with van der Waals surface area (Å²) in [7, 11) is 1.29. The number of hydrogen-bond donors (Lipinski definition) is 1. The zero-order valence-corrected chi connectivity index (χ0v) is 17.7. The van der Waals surface area contributed by atoms with Gasteiger partial charge in [0.2, 0.25) is 0 Å². The largest absolute Gasteiger partial charge is 0.467 e. The van der Waals surface area contributed by atoms with Gasteiger partial charge in [-0.05, 0) is 38.0 Å². The van der Waals surface area contributed by atoms with Gasteiger partial charge in [-0.15, -0.1) is 0 Å². The van der Waals surface area contributed by atoms with E-state index in [4.69, 9.17) is 4.74 Å². The first-order valence-electron chi connectivity index (χ1n) is 9.75. The lowest BCUT2D eigenvalue weighted by atomic mass is 10.0. The van der Waals surface area contributed by atoms with Gasteiger partial charge >= 0.3 is 5.97 Å². The SMILES string of the molecule is COC(=O)C(NC(=O)c1cnn(-c2ccc3c(c2)c(C#N)cn3C(C)C)c1)C(C)C. The topological polar surface area (TPSA) is 102 Å². The molecule has 1 N–H and O–H groups in total. The Hall–Kier alpha value is -3.60. The van der Waals surface area contributed by atoms with Gasteiger partial charge in [-0.25, -0.2) is 9.48 Å². The van der Waals surface area contributed by atoms with Crippen LogP contribution in [0.5, 0.6) is 0 Å². The minimum Gasteiger partial charge on any atom is -0.467 e. The van der Waals surface area contributed by atoms with E-state index in [0.717, 1.165) is 16.6 Å². The zero-order chi connectivity index (χ0) is 22.0. The van der Waals surface area contributed by atoms with E-state index in [9.17, 15) is 14.9 Å². The summed E-state index contributed by atoms with van der Waals surface area (Å²) in [6.45, 7) is 7.78. The monoisotopic (exact) mass is 407 g/mol. The van der Waals surface area contributed by atoms with Crippen molar-refractivity contribution < 1.29 is 14.3 Å². The first-order chi connectivity index (χ1) is 14.3. The molecule has 0 spiro atoms. The predicted molar refractivity (Wildman–Crippen MR) is 112 cm³/mol. The second kappa shape index (κ2) is 8.41. The van der Waals surface area contributed by atoms with Crippen LogP contribution < -0.4 is 5.32 Å². The molecule has 0 aliphatic carbocycles. The van der Waals surface area contributed by atoms with Crippen LogP contribution in [0.4, 0.5) is 0 Å². The quantitative estimate of drug-likeness (QED) is 0.632. The third-order valence-electron chi connectivity index (χ3n) is 5.01. The molecule has 1 aromatic carbocycles. The lowest BCUT2D eigenvalue weighted by Crippen LogP contribution is -2.44. The van der Waals surface area contributed by atoms with E-state index in [1.54, 1.807) is 10.9 Å². The molecule has 2 heterocycles. The molecule has 30 heavy (non-hydrogen) atoms. The molecule has 0 radical (unpaired) electrons. The van der Waals surface area contributed by atoms with Crippen LogP contribution >= 0.6 is 0 Å². The molecular formula is C22H25N5O3. The van der Waals surface area contributed by atoms with Crippen molar-refractivity contribution in [2.45, 2.75) is 39.8 Å². The Morgan fingerprint density at radius 3 is 2.53 bits per heavy atom. The van der Waals surface area contributed by atoms with E-state index in [-0.39, 0.29) is 12.0 Å². The smallest absolute Gasteiger partial charge is 0.328 e. The highest BCUT2D eigenvalue weighted by Gasteiger charge is 2.26. The number of nitrogens with one attached hydrogen (secondary N) is 1. The summed E-state index contributed by atoms with van der Waals surface area (Å²) in [4.78, 5) is 24.5. The predicted octanol–water partition coefficient (Wildman–Crippen LogP) is 3.21. The van der Waals surface area contributed by atoms with E-state index in [0.29, 0.717) is 11.1 Å². The molecule has 0 saturated carbocycles. The van der Waals surface area contributed by atoms with Gasteiger partial charge in [-0.1, -0.05) is 13.8 Å². The van der Waals surface area contributed by atoms with Gasteiger partial charge in [0.1, 0.15) is 12.1 Å². The summed E-state index contributed by atoms with van der Waals surface area (Å²) in [5.74, 6) is -1.02. The van der Waals surface area contributed by atoms with Crippen LogP contribution in [0.1, 0.15) is 49.7 Å². The molecule has 156 valence electrons. The van der Waals surface area contributed by atoms with Crippen molar-refractivity contribution in [2.75, 3.05) is 7.11 Å². The van der Waals surface area contributed by atoms with Crippen LogP contribution in [-0.2, 0) is 9.53 Å². The van der Waals surface area contributed by atoms with Gasteiger partial charge in [0.25, 0.3) is 5.91 Å². The maximum Gasteiger partial charge on any atom is 0.328 e. The van der Waals surface area contributed by atoms with Crippen molar-refractivity contribution >= 4 is 22.8 Å². The zero-order valence-electron chi connectivity index (χ0n) is 17.7. The average Bonchev–Trinajstić information content (AvgIpc) is 3.35. The Morgan fingerprint density at radius 1 is 1.20 bits per heavy atom. The maximum absolute atomic E-state index is 12.6. The van der Waals surface area contributed by atoms with E-state index in [1.165, 1.54) is 13.3 Å². The number of benzene rings is 1. The lowest BCUT2D eigenvalue weighted by molar-refractivity contribution is -0.144. The Bertz CT molecular complexity index is 1130. The van der Waals surface area contributed by atoms with E-state index in [1.807, 2.05) is 38.2 Å². The minimum absolute atomic E-state index is 0.117. The number of carbonyl (C=O) groups excluding carboxylic acids is 2. The molecule has 8 heteroatoms. The first kappa shape index (κ1) is 21.1. The standard InChI is InChI=1S/C22H25N5O3/c1-13(2)20(22(29)30-5)25-21(28)16-10-24-27(12-16)17-6-7-19-18(8-17)15(9-23)11-26(19)14(3)4/h6-8,10-14,20H,1-5H3,(H,25,28). The number of fused-ring (bicyclic) bond motifs is 1. The Morgan fingerprint density at radius 2 is 1.93 bits per heavy atom. The summed E-state index contributed by atoms with van der Waals surface area (Å²) in [6.07, 6.45) is 4.88.